The van der Waals surface area contributed by atoms with Crippen molar-refractivity contribution < 1.29 is 58.0 Å². The first-order chi connectivity index (χ1) is 31.7. The van der Waals surface area contributed by atoms with E-state index in [1.807, 2.05) is 19.9 Å². The van der Waals surface area contributed by atoms with Gasteiger partial charge in [0.25, 0.3) is 0 Å². The topological polar surface area (TPSA) is 271 Å². The number of rotatable bonds is 22. The zero-order valence-electron chi connectivity index (χ0n) is 41.1. The summed E-state index contributed by atoms with van der Waals surface area (Å²) in [5.41, 5.74) is -0.284. The van der Waals surface area contributed by atoms with Crippen molar-refractivity contribution in [3.63, 3.8) is 0 Å². The zero-order valence-corrected chi connectivity index (χ0v) is 41.1. The van der Waals surface area contributed by atoms with Crippen LogP contribution in [-0.2, 0) is 51.1 Å². The minimum absolute atomic E-state index is 0.0274. The number of carboxylic acid groups (broad SMARTS) is 1. The van der Waals surface area contributed by atoms with Crippen molar-refractivity contribution in [2.75, 3.05) is 13.1 Å². The second-order valence-electron chi connectivity index (χ2n) is 19.9. The number of alkyl carbamates (subject to hydrolysis) is 2. The summed E-state index contributed by atoms with van der Waals surface area (Å²) >= 11 is 0. The van der Waals surface area contributed by atoms with Crippen molar-refractivity contribution in [1.29, 1.82) is 0 Å². The molecule has 19 nitrogen and oxygen atoms in total. The van der Waals surface area contributed by atoms with Gasteiger partial charge in [-0.05, 0) is 109 Å². The SMILES string of the molecule is CC(C)C[C@H](NC(=O)OC(C)(C)C)C(=O)N[C@H](Cc1ccccc1)C(=O)N1CCC[C@H]1C(=O)N[C@H](Cc1ccc(O)cc1)C(=O)N[C@H](C(=O)N[C@@H](CCCNC(=O)OC(C)(C)C)C(=O)O)C(C)C. The van der Waals surface area contributed by atoms with Crippen LogP contribution in [0.25, 0.3) is 0 Å². The summed E-state index contributed by atoms with van der Waals surface area (Å²) in [4.78, 5) is 109. The number of hydrogen-bond donors (Lipinski definition) is 8. The van der Waals surface area contributed by atoms with Gasteiger partial charge in [-0.2, -0.15) is 0 Å². The van der Waals surface area contributed by atoms with Gasteiger partial charge in [-0.3, -0.25) is 24.0 Å². The van der Waals surface area contributed by atoms with Crippen LogP contribution in [0.2, 0.25) is 0 Å². The van der Waals surface area contributed by atoms with Gasteiger partial charge in [0, 0.05) is 25.9 Å². The van der Waals surface area contributed by atoms with E-state index < -0.39 is 101 Å². The van der Waals surface area contributed by atoms with Gasteiger partial charge >= 0.3 is 18.2 Å². The lowest BCUT2D eigenvalue weighted by Gasteiger charge is -2.31. The maximum atomic E-state index is 14.6. The molecule has 1 fully saturated rings. The lowest BCUT2D eigenvalue weighted by atomic mass is 9.99. The van der Waals surface area contributed by atoms with Gasteiger partial charge in [0.05, 0.1) is 0 Å². The van der Waals surface area contributed by atoms with Crippen LogP contribution >= 0.6 is 0 Å². The van der Waals surface area contributed by atoms with Crippen molar-refractivity contribution in [2.24, 2.45) is 11.8 Å². The number of phenols is 1. The largest absolute Gasteiger partial charge is 0.508 e. The van der Waals surface area contributed by atoms with Crippen molar-refractivity contribution in [3.8, 4) is 5.75 Å². The Morgan fingerprint density at radius 1 is 0.676 bits per heavy atom. The van der Waals surface area contributed by atoms with Crippen LogP contribution in [-0.4, -0.2) is 123 Å². The van der Waals surface area contributed by atoms with Crippen molar-refractivity contribution in [1.82, 2.24) is 36.8 Å². The molecule has 1 heterocycles. The Morgan fingerprint density at radius 3 is 1.81 bits per heavy atom. The number of phenolic OH excluding ortho intramolecular Hbond substituents is 1. The minimum Gasteiger partial charge on any atom is -0.508 e. The van der Waals surface area contributed by atoms with E-state index in [0.717, 1.165) is 5.56 Å². The molecule has 68 heavy (non-hydrogen) atoms. The van der Waals surface area contributed by atoms with E-state index in [2.05, 4.69) is 31.9 Å². The number of amides is 7. The average Bonchev–Trinajstić information content (AvgIpc) is 3.72. The molecule has 0 aliphatic carbocycles. The standard InChI is InChI=1S/C49H73N7O12/c1-29(2)26-35(54-47(66)68-49(8,9)10)40(58)53-37(28-31-16-12-11-13-17-31)44(62)56-25-15-19-38(56)42(60)52-36(27-32-20-22-33(57)23-21-32)41(59)55-39(30(3)4)43(61)51-34(45(63)64)18-14-24-50-46(65)67-48(5,6)7/h11-13,16-17,20-23,29-30,34-39,57H,14-15,18-19,24-28H2,1-10H3,(H,50,65)(H,51,61)(H,52,60)(H,53,58)(H,54,66)(H,55,59)(H,63,64)/t34-,35-,36+,37+,38-,39-/m0/s1. The third-order valence-corrected chi connectivity index (χ3v) is 10.7. The van der Waals surface area contributed by atoms with Gasteiger partial charge in [0.1, 0.15) is 53.2 Å². The number of benzene rings is 2. The van der Waals surface area contributed by atoms with Crippen molar-refractivity contribution in [2.45, 2.75) is 162 Å². The van der Waals surface area contributed by atoms with Crippen LogP contribution in [0, 0.1) is 11.8 Å². The second kappa shape index (κ2) is 25.7. The van der Waals surface area contributed by atoms with Gasteiger partial charge in [-0.1, -0.05) is 70.2 Å². The highest BCUT2D eigenvalue weighted by Crippen LogP contribution is 2.22. The van der Waals surface area contributed by atoms with E-state index in [-0.39, 0.29) is 63.3 Å². The summed E-state index contributed by atoms with van der Waals surface area (Å²) in [6, 6.07) is 7.76. The molecule has 376 valence electrons. The molecule has 0 bridgehead atoms. The first-order valence-electron chi connectivity index (χ1n) is 23.3. The molecule has 2 aromatic rings. The fourth-order valence-corrected chi connectivity index (χ4v) is 7.44. The van der Waals surface area contributed by atoms with E-state index in [4.69, 9.17) is 9.47 Å². The Morgan fingerprint density at radius 2 is 1.24 bits per heavy atom. The number of carbonyl (C=O) groups is 8. The lowest BCUT2D eigenvalue weighted by Crippen LogP contribution is -2.60. The van der Waals surface area contributed by atoms with Crippen LogP contribution in [0.15, 0.2) is 54.6 Å². The number of aliphatic carboxylic acids is 1. The lowest BCUT2D eigenvalue weighted by molar-refractivity contribution is -0.143. The summed E-state index contributed by atoms with van der Waals surface area (Å²) < 4.78 is 10.6. The van der Waals surface area contributed by atoms with Crippen LogP contribution < -0.4 is 31.9 Å². The van der Waals surface area contributed by atoms with E-state index in [1.165, 1.54) is 17.0 Å². The number of likely N-dealkylation sites (tertiary alicyclic amines) is 1. The van der Waals surface area contributed by atoms with Gasteiger partial charge in [-0.15, -0.1) is 0 Å². The van der Waals surface area contributed by atoms with E-state index in [1.54, 1.807) is 91.8 Å². The Labute approximate surface area is 399 Å². The summed E-state index contributed by atoms with van der Waals surface area (Å²) in [7, 11) is 0. The molecule has 0 radical (unpaired) electrons. The highest BCUT2D eigenvalue weighted by atomic mass is 16.6. The van der Waals surface area contributed by atoms with Crippen LogP contribution in [0.3, 0.4) is 0 Å². The first-order valence-corrected chi connectivity index (χ1v) is 23.3. The molecule has 19 heteroatoms. The Kier molecular flexibility index (Phi) is 21.1. The minimum atomic E-state index is -1.36. The maximum absolute atomic E-state index is 14.6. The fourth-order valence-electron chi connectivity index (χ4n) is 7.44. The molecule has 0 unspecified atom stereocenters. The van der Waals surface area contributed by atoms with E-state index >= 15 is 0 Å². The third-order valence-electron chi connectivity index (χ3n) is 10.7. The number of hydrogen-bond acceptors (Lipinski definition) is 11. The normalized spacial score (nSPS) is 16.1. The number of aromatic hydroxyl groups is 1. The van der Waals surface area contributed by atoms with E-state index in [0.29, 0.717) is 12.0 Å². The number of nitrogens with one attached hydrogen (secondary N) is 6. The smallest absolute Gasteiger partial charge is 0.408 e. The quantitative estimate of drug-likeness (QED) is 0.0776. The summed E-state index contributed by atoms with van der Waals surface area (Å²) in [6.45, 7) is 17.5. The Bertz CT molecular complexity index is 2030. The Balaban J connectivity index is 1.85. The molecule has 2 aromatic carbocycles. The highest BCUT2D eigenvalue weighted by Gasteiger charge is 2.40. The summed E-state index contributed by atoms with van der Waals surface area (Å²) in [5, 5.41) is 35.9. The molecule has 0 spiro atoms. The van der Waals surface area contributed by atoms with Crippen LogP contribution in [0.1, 0.15) is 112 Å². The number of ether oxygens (including phenoxy) is 2. The predicted octanol–water partition coefficient (Wildman–Crippen LogP) is 4.09. The van der Waals surface area contributed by atoms with Gasteiger partial charge in [0.2, 0.25) is 29.5 Å². The zero-order chi connectivity index (χ0) is 50.9. The van der Waals surface area contributed by atoms with Gasteiger partial charge in [-0.25, -0.2) is 14.4 Å². The molecule has 8 N–H and O–H groups in total. The molecule has 7 amide bonds. The molecule has 1 saturated heterocycles. The highest BCUT2D eigenvalue weighted by molar-refractivity contribution is 5.97. The number of carboxylic acids is 1. The van der Waals surface area contributed by atoms with E-state index in [9.17, 15) is 48.6 Å². The molecular formula is C49H73N7O12. The molecule has 0 aromatic heterocycles. The molecule has 1 aliphatic heterocycles. The molecule has 6 atom stereocenters. The van der Waals surface area contributed by atoms with Crippen molar-refractivity contribution in [3.05, 3.63) is 65.7 Å². The molecule has 0 saturated carbocycles. The summed E-state index contributed by atoms with van der Waals surface area (Å²) in [6.07, 6.45) is -0.469. The van der Waals surface area contributed by atoms with Gasteiger partial charge < -0.3 is 56.5 Å². The van der Waals surface area contributed by atoms with Gasteiger partial charge in [0.15, 0.2) is 0 Å². The monoisotopic (exact) mass is 952 g/mol. The van der Waals surface area contributed by atoms with Crippen molar-refractivity contribution >= 4 is 47.7 Å². The maximum Gasteiger partial charge on any atom is 0.408 e. The molecule has 1 aliphatic rings. The predicted molar refractivity (Wildman–Crippen MR) is 253 cm³/mol. The Hall–Kier alpha value is -6.40. The fraction of sp³-hybridized carbons (Fsp3) is 0.592. The van der Waals surface area contributed by atoms with Crippen LogP contribution in [0.5, 0.6) is 5.75 Å². The average molecular weight is 952 g/mol. The first kappa shape index (κ1) is 55.9. The third kappa shape index (κ3) is 19.4. The summed E-state index contributed by atoms with van der Waals surface area (Å²) in [5.74, 6) is -5.32. The van der Waals surface area contributed by atoms with Crippen LogP contribution in [0.4, 0.5) is 9.59 Å². The molecular weight excluding hydrogens is 879 g/mol. The number of nitrogens with zero attached hydrogens (tertiary/aromatic N) is 1. The molecule has 3 rings (SSSR count). The second-order valence-corrected chi connectivity index (χ2v) is 19.9. The number of carbonyl (C=O) groups excluding carboxylic acids is 7.